The van der Waals surface area contributed by atoms with E-state index in [1.54, 1.807) is 31.4 Å². The average Bonchev–Trinajstić information content (AvgIpc) is 2.37. The Labute approximate surface area is 104 Å². The molecular weight excluding hydrogens is 239 g/mol. The van der Waals surface area contributed by atoms with Crippen molar-refractivity contribution in [3.63, 3.8) is 0 Å². The first kappa shape index (κ1) is 16.0. The van der Waals surface area contributed by atoms with Crippen molar-refractivity contribution in [2.45, 2.75) is 33.3 Å². The summed E-state index contributed by atoms with van der Waals surface area (Å²) in [7, 11) is -0.937. The number of rotatable bonds is 5. The standard InChI is InChI=1S/C8H9O4P.C4H10/c1-11-8-4-2-7(3-5-8)6-12-13(9)10;1-3-4-2/h2-5H,6H2,1H3;3-4H2,1-2H3/p+1. The lowest BCUT2D eigenvalue weighted by Gasteiger charge is -1.99. The lowest BCUT2D eigenvalue weighted by atomic mass is 10.2. The molecule has 1 atom stereocenters. The summed E-state index contributed by atoms with van der Waals surface area (Å²) in [6.07, 6.45) is 2.64. The Balaban J connectivity index is 0.000000557. The highest BCUT2D eigenvalue weighted by Crippen LogP contribution is 2.19. The van der Waals surface area contributed by atoms with Gasteiger partial charge in [0.1, 0.15) is 12.4 Å². The number of unbranched alkanes of at least 4 members (excludes halogenated alkanes) is 1. The summed E-state index contributed by atoms with van der Waals surface area (Å²) in [5, 5.41) is 0. The first-order valence-corrected chi connectivity index (χ1v) is 6.69. The summed E-state index contributed by atoms with van der Waals surface area (Å²) < 4.78 is 19.7. The predicted molar refractivity (Wildman–Crippen MR) is 68.2 cm³/mol. The smallest absolute Gasteiger partial charge is 0.497 e. The Morgan fingerprint density at radius 2 is 1.71 bits per heavy atom. The van der Waals surface area contributed by atoms with Gasteiger partial charge in [-0.3, -0.25) is 0 Å². The fraction of sp³-hybridized carbons (Fsp3) is 0.500. The molecule has 5 heteroatoms. The van der Waals surface area contributed by atoms with Gasteiger partial charge in [0.05, 0.1) is 7.11 Å². The van der Waals surface area contributed by atoms with E-state index in [0.717, 1.165) is 11.3 Å². The van der Waals surface area contributed by atoms with Crippen molar-refractivity contribution < 1.29 is 18.7 Å². The third-order valence-electron chi connectivity index (χ3n) is 2.00. The van der Waals surface area contributed by atoms with E-state index in [2.05, 4.69) is 18.4 Å². The van der Waals surface area contributed by atoms with Crippen LogP contribution in [0.25, 0.3) is 0 Å². The third-order valence-corrected chi connectivity index (χ3v) is 2.35. The fourth-order valence-electron chi connectivity index (χ4n) is 0.852. The summed E-state index contributed by atoms with van der Waals surface area (Å²) in [4.78, 5) is 8.38. The molecule has 1 aromatic carbocycles. The highest BCUT2D eigenvalue weighted by atomic mass is 31.1. The first-order chi connectivity index (χ1) is 8.13. The number of benzene rings is 1. The van der Waals surface area contributed by atoms with Gasteiger partial charge in [0.25, 0.3) is 0 Å². The van der Waals surface area contributed by atoms with Crippen LogP contribution in [0.2, 0.25) is 0 Å². The van der Waals surface area contributed by atoms with Gasteiger partial charge in [0, 0.05) is 4.57 Å². The Morgan fingerprint density at radius 1 is 1.18 bits per heavy atom. The molecule has 4 nitrogen and oxygen atoms in total. The number of ether oxygens (including phenoxy) is 1. The quantitative estimate of drug-likeness (QED) is 0.820. The Morgan fingerprint density at radius 3 is 2.06 bits per heavy atom. The Kier molecular flexibility index (Phi) is 9.63. The predicted octanol–water partition coefficient (Wildman–Crippen LogP) is 3.67. The highest BCUT2D eigenvalue weighted by molar-refractivity contribution is 7.32. The van der Waals surface area contributed by atoms with Crippen molar-refractivity contribution in [3.8, 4) is 5.75 Å². The molecule has 0 radical (unpaired) electrons. The van der Waals surface area contributed by atoms with Crippen molar-refractivity contribution in [3.05, 3.63) is 29.8 Å². The largest absolute Gasteiger partial charge is 0.695 e. The average molecular weight is 259 g/mol. The van der Waals surface area contributed by atoms with E-state index >= 15 is 0 Å². The van der Waals surface area contributed by atoms with Crippen molar-refractivity contribution in [2.75, 3.05) is 7.11 Å². The molecule has 1 N–H and O–H groups in total. The summed E-state index contributed by atoms with van der Waals surface area (Å²) in [6.45, 7) is 4.50. The molecular formula is C12H20O4P+. The molecule has 0 heterocycles. The summed E-state index contributed by atoms with van der Waals surface area (Å²) in [5.74, 6) is 0.747. The molecule has 0 spiro atoms. The second-order valence-electron chi connectivity index (χ2n) is 3.36. The number of methoxy groups -OCH3 is 1. The van der Waals surface area contributed by atoms with Gasteiger partial charge >= 0.3 is 8.25 Å². The maximum absolute atomic E-state index is 10.2. The van der Waals surface area contributed by atoms with Gasteiger partial charge in [-0.25, -0.2) is 0 Å². The molecule has 0 amide bonds. The topological polar surface area (TPSA) is 55.8 Å². The van der Waals surface area contributed by atoms with E-state index < -0.39 is 8.25 Å². The number of hydrogen-bond acceptors (Lipinski definition) is 3. The minimum Gasteiger partial charge on any atom is -0.497 e. The minimum atomic E-state index is -2.52. The van der Waals surface area contributed by atoms with Gasteiger partial charge in [-0.05, 0) is 17.7 Å². The van der Waals surface area contributed by atoms with E-state index in [-0.39, 0.29) is 6.61 Å². The maximum Gasteiger partial charge on any atom is 0.695 e. The molecule has 0 aliphatic carbocycles. The second kappa shape index (κ2) is 10.2. The van der Waals surface area contributed by atoms with E-state index in [0.29, 0.717) is 0 Å². The molecule has 0 saturated heterocycles. The molecule has 0 saturated carbocycles. The van der Waals surface area contributed by atoms with Crippen LogP contribution in [-0.2, 0) is 15.7 Å². The lowest BCUT2D eigenvalue weighted by molar-refractivity contribution is 0.272. The first-order valence-electron chi connectivity index (χ1n) is 5.56. The van der Waals surface area contributed by atoms with Gasteiger partial charge in [-0.1, -0.05) is 38.8 Å². The van der Waals surface area contributed by atoms with Crippen molar-refractivity contribution in [1.29, 1.82) is 0 Å². The van der Waals surface area contributed by atoms with Crippen LogP contribution in [0.1, 0.15) is 32.3 Å². The maximum atomic E-state index is 10.2. The zero-order chi connectivity index (χ0) is 13.1. The molecule has 17 heavy (non-hydrogen) atoms. The molecule has 1 rings (SSSR count). The van der Waals surface area contributed by atoms with E-state index in [4.69, 9.17) is 9.63 Å². The molecule has 0 fully saturated rings. The van der Waals surface area contributed by atoms with Gasteiger partial charge < -0.3 is 4.74 Å². The summed E-state index contributed by atoms with van der Waals surface area (Å²) in [6, 6.07) is 7.08. The Hall–Kier alpha value is -0.960. The number of hydrogen-bond donors (Lipinski definition) is 1. The fourth-order valence-corrected chi connectivity index (χ4v) is 1.11. The minimum absolute atomic E-state index is 0.135. The third kappa shape index (κ3) is 8.81. The van der Waals surface area contributed by atoms with Gasteiger partial charge in [-0.2, -0.15) is 0 Å². The summed E-state index contributed by atoms with van der Waals surface area (Å²) in [5.41, 5.74) is 0.832. The van der Waals surface area contributed by atoms with E-state index in [1.165, 1.54) is 12.8 Å². The molecule has 96 valence electrons. The molecule has 0 bridgehead atoms. The van der Waals surface area contributed by atoms with Crippen LogP contribution >= 0.6 is 8.25 Å². The van der Waals surface area contributed by atoms with E-state index in [1.807, 2.05) is 0 Å². The normalized spacial score (nSPS) is 10.2. The van der Waals surface area contributed by atoms with E-state index in [9.17, 15) is 4.57 Å². The van der Waals surface area contributed by atoms with Gasteiger partial charge in [0.15, 0.2) is 0 Å². The van der Waals surface area contributed by atoms with Crippen LogP contribution in [0.4, 0.5) is 0 Å². The van der Waals surface area contributed by atoms with Crippen LogP contribution in [0.3, 0.4) is 0 Å². The van der Waals surface area contributed by atoms with Crippen molar-refractivity contribution in [2.24, 2.45) is 0 Å². The lowest BCUT2D eigenvalue weighted by Crippen LogP contribution is -1.87. The van der Waals surface area contributed by atoms with Crippen LogP contribution < -0.4 is 4.74 Å². The van der Waals surface area contributed by atoms with Gasteiger partial charge in [-0.15, -0.1) is 9.42 Å². The molecule has 0 aromatic heterocycles. The van der Waals surface area contributed by atoms with Crippen molar-refractivity contribution >= 4 is 8.25 Å². The van der Waals surface area contributed by atoms with Gasteiger partial charge in [0.2, 0.25) is 0 Å². The molecule has 1 aromatic rings. The zero-order valence-corrected chi connectivity index (χ0v) is 11.4. The highest BCUT2D eigenvalue weighted by Gasteiger charge is 2.11. The molecule has 0 aliphatic heterocycles. The SMILES string of the molecule is CCCC.COc1ccc(CO[P+](=O)O)cc1. The van der Waals surface area contributed by atoms with Crippen LogP contribution in [0.15, 0.2) is 24.3 Å². The van der Waals surface area contributed by atoms with Crippen LogP contribution in [0.5, 0.6) is 5.75 Å². The van der Waals surface area contributed by atoms with Crippen LogP contribution in [0, 0.1) is 0 Å². The second-order valence-corrected chi connectivity index (χ2v) is 4.09. The zero-order valence-electron chi connectivity index (χ0n) is 10.5. The van der Waals surface area contributed by atoms with Crippen LogP contribution in [-0.4, -0.2) is 12.0 Å². The molecule has 1 unspecified atom stereocenters. The monoisotopic (exact) mass is 259 g/mol. The molecule has 0 aliphatic rings. The summed E-state index contributed by atoms with van der Waals surface area (Å²) >= 11 is 0. The Bertz CT molecular complexity index is 309. The van der Waals surface area contributed by atoms with Crippen molar-refractivity contribution in [1.82, 2.24) is 0 Å².